The Labute approximate surface area is 124 Å². The molecule has 0 amide bonds. The van der Waals surface area contributed by atoms with Crippen molar-refractivity contribution in [2.24, 2.45) is 0 Å². The molecule has 0 saturated carbocycles. The van der Waals surface area contributed by atoms with Gasteiger partial charge in [0.2, 0.25) is 0 Å². The maximum atomic E-state index is 6.04. The molecule has 0 aliphatic heterocycles. The highest BCUT2D eigenvalue weighted by atomic mass is 16.5. The van der Waals surface area contributed by atoms with Gasteiger partial charge in [-0.1, -0.05) is 30.3 Å². The van der Waals surface area contributed by atoms with Crippen LogP contribution in [0.25, 0.3) is 11.0 Å². The Bertz CT molecular complexity index is 777. The summed E-state index contributed by atoms with van der Waals surface area (Å²) in [4.78, 5) is 4.64. The molecule has 0 saturated heterocycles. The number of methoxy groups -OCH3 is 1. The van der Waals surface area contributed by atoms with Crippen LogP contribution in [-0.4, -0.2) is 16.7 Å². The van der Waals surface area contributed by atoms with Gasteiger partial charge in [-0.3, -0.25) is 0 Å². The minimum atomic E-state index is 0.472. The molecule has 21 heavy (non-hydrogen) atoms. The number of aromatic nitrogens is 2. The Morgan fingerprint density at radius 1 is 1.14 bits per heavy atom. The van der Waals surface area contributed by atoms with Crippen LogP contribution in [0.15, 0.2) is 42.5 Å². The quantitative estimate of drug-likeness (QED) is 0.748. The topological polar surface area (TPSA) is 53.1 Å². The third kappa shape index (κ3) is 2.50. The van der Waals surface area contributed by atoms with Crippen LogP contribution in [-0.2, 0) is 17.9 Å². The van der Waals surface area contributed by atoms with Gasteiger partial charge >= 0.3 is 0 Å². The van der Waals surface area contributed by atoms with Gasteiger partial charge in [0.15, 0.2) is 0 Å². The molecule has 0 aliphatic rings. The van der Waals surface area contributed by atoms with E-state index in [4.69, 9.17) is 10.5 Å². The van der Waals surface area contributed by atoms with E-state index < -0.39 is 0 Å². The molecule has 4 nitrogen and oxygen atoms in total. The number of nitrogens with zero attached hydrogens (tertiary/aromatic N) is 2. The lowest BCUT2D eigenvalue weighted by atomic mass is 10.1. The van der Waals surface area contributed by atoms with Crippen LogP contribution in [0.4, 0.5) is 5.69 Å². The average Bonchev–Trinajstić information content (AvgIpc) is 2.82. The summed E-state index contributed by atoms with van der Waals surface area (Å²) in [6.45, 7) is 3.37. The van der Waals surface area contributed by atoms with Gasteiger partial charge in [0, 0.05) is 13.7 Å². The van der Waals surface area contributed by atoms with E-state index >= 15 is 0 Å². The van der Waals surface area contributed by atoms with Gasteiger partial charge in [-0.05, 0) is 30.2 Å². The van der Waals surface area contributed by atoms with E-state index in [1.165, 1.54) is 11.1 Å². The van der Waals surface area contributed by atoms with Crippen LogP contribution < -0.4 is 5.73 Å². The van der Waals surface area contributed by atoms with Crippen molar-refractivity contribution in [1.29, 1.82) is 0 Å². The van der Waals surface area contributed by atoms with Crippen molar-refractivity contribution in [3.63, 3.8) is 0 Å². The molecule has 0 fully saturated rings. The van der Waals surface area contributed by atoms with Gasteiger partial charge in [0.05, 0.1) is 11.2 Å². The molecule has 0 atom stereocenters. The zero-order valence-corrected chi connectivity index (χ0v) is 12.3. The summed E-state index contributed by atoms with van der Waals surface area (Å²) in [6.07, 6.45) is 0. The van der Waals surface area contributed by atoms with Gasteiger partial charge in [0.25, 0.3) is 0 Å². The molecule has 0 aliphatic carbocycles. The number of anilines is 1. The largest absolute Gasteiger partial charge is 0.397 e. The second-order valence-corrected chi connectivity index (χ2v) is 5.19. The summed E-state index contributed by atoms with van der Waals surface area (Å²) < 4.78 is 7.46. The molecular weight excluding hydrogens is 262 g/mol. The van der Waals surface area contributed by atoms with Crippen molar-refractivity contribution in [2.45, 2.75) is 20.1 Å². The number of benzene rings is 2. The fraction of sp³-hybridized carbons (Fsp3) is 0.235. The predicted molar refractivity (Wildman–Crippen MR) is 85.1 cm³/mol. The molecule has 1 aromatic heterocycles. The normalized spacial score (nSPS) is 11.1. The predicted octanol–water partition coefficient (Wildman–Crippen LogP) is 3.12. The second kappa shape index (κ2) is 5.58. The van der Waals surface area contributed by atoms with Gasteiger partial charge < -0.3 is 15.0 Å². The standard InChI is InChI=1S/C17H19N3O/c1-12-6-3-4-7-13(12)10-20-15-9-5-8-14(18)17(15)19-16(20)11-21-2/h3-9H,10-11,18H2,1-2H3. The van der Waals surface area contributed by atoms with Crippen LogP contribution in [0.5, 0.6) is 0 Å². The lowest BCUT2D eigenvalue weighted by Gasteiger charge is -2.11. The number of nitrogen functional groups attached to an aromatic ring is 1. The fourth-order valence-electron chi connectivity index (χ4n) is 2.59. The van der Waals surface area contributed by atoms with Gasteiger partial charge in [-0.15, -0.1) is 0 Å². The van der Waals surface area contributed by atoms with E-state index in [9.17, 15) is 0 Å². The number of para-hydroxylation sites is 1. The molecular formula is C17H19N3O. The third-order valence-electron chi connectivity index (χ3n) is 3.75. The van der Waals surface area contributed by atoms with Crippen LogP contribution in [0.2, 0.25) is 0 Å². The first-order valence-electron chi connectivity index (χ1n) is 6.97. The molecule has 1 heterocycles. The third-order valence-corrected chi connectivity index (χ3v) is 3.75. The Kier molecular flexibility index (Phi) is 3.62. The summed E-state index contributed by atoms with van der Waals surface area (Å²) in [5.41, 5.74) is 11.2. The monoisotopic (exact) mass is 281 g/mol. The van der Waals surface area contributed by atoms with Crippen LogP contribution in [0, 0.1) is 6.92 Å². The maximum absolute atomic E-state index is 6.04. The number of fused-ring (bicyclic) bond motifs is 1. The Morgan fingerprint density at radius 2 is 1.95 bits per heavy atom. The molecule has 0 bridgehead atoms. The number of imidazole rings is 1. The molecule has 2 N–H and O–H groups in total. The van der Waals surface area contributed by atoms with E-state index in [2.05, 4.69) is 46.8 Å². The zero-order valence-electron chi connectivity index (χ0n) is 12.3. The van der Waals surface area contributed by atoms with Crippen molar-refractivity contribution in [1.82, 2.24) is 9.55 Å². The van der Waals surface area contributed by atoms with Gasteiger partial charge in [-0.25, -0.2) is 4.98 Å². The summed E-state index contributed by atoms with van der Waals surface area (Å²) in [7, 11) is 1.68. The molecule has 3 rings (SSSR count). The minimum Gasteiger partial charge on any atom is -0.397 e. The first kappa shape index (κ1) is 13.6. The minimum absolute atomic E-state index is 0.472. The summed E-state index contributed by atoms with van der Waals surface area (Å²) in [5, 5.41) is 0. The molecule has 4 heteroatoms. The number of rotatable bonds is 4. The van der Waals surface area contributed by atoms with Crippen molar-refractivity contribution >= 4 is 16.7 Å². The summed E-state index contributed by atoms with van der Waals surface area (Å²) in [6, 6.07) is 14.3. The van der Waals surface area contributed by atoms with E-state index in [1.54, 1.807) is 7.11 Å². The Hall–Kier alpha value is -2.33. The molecule has 0 spiro atoms. The maximum Gasteiger partial charge on any atom is 0.136 e. The SMILES string of the molecule is COCc1nc2c(N)cccc2n1Cc1ccccc1C. The lowest BCUT2D eigenvalue weighted by molar-refractivity contribution is 0.175. The zero-order chi connectivity index (χ0) is 14.8. The van der Waals surface area contributed by atoms with E-state index in [0.29, 0.717) is 12.3 Å². The first-order valence-corrected chi connectivity index (χ1v) is 6.97. The average molecular weight is 281 g/mol. The molecule has 0 radical (unpaired) electrons. The molecule has 3 aromatic rings. The second-order valence-electron chi connectivity index (χ2n) is 5.19. The van der Waals surface area contributed by atoms with Crippen molar-refractivity contribution in [3.8, 4) is 0 Å². The van der Waals surface area contributed by atoms with E-state index in [-0.39, 0.29) is 0 Å². The highest BCUT2D eigenvalue weighted by molar-refractivity contribution is 5.87. The highest BCUT2D eigenvalue weighted by Crippen LogP contribution is 2.24. The van der Waals surface area contributed by atoms with Crippen molar-refractivity contribution < 1.29 is 4.74 Å². The number of nitrogens with two attached hydrogens (primary N) is 1. The number of hydrogen-bond acceptors (Lipinski definition) is 3. The summed E-state index contributed by atoms with van der Waals surface area (Å²) in [5.74, 6) is 0.897. The number of ether oxygens (including phenoxy) is 1. The van der Waals surface area contributed by atoms with E-state index in [0.717, 1.165) is 23.4 Å². The van der Waals surface area contributed by atoms with Gasteiger partial charge in [-0.2, -0.15) is 0 Å². The van der Waals surface area contributed by atoms with Crippen LogP contribution in [0.3, 0.4) is 0 Å². The number of aryl methyl sites for hydroxylation is 1. The fourth-order valence-corrected chi connectivity index (χ4v) is 2.59. The lowest BCUT2D eigenvalue weighted by Crippen LogP contribution is -2.07. The van der Waals surface area contributed by atoms with Gasteiger partial charge in [0.1, 0.15) is 17.9 Å². The van der Waals surface area contributed by atoms with Crippen molar-refractivity contribution in [2.75, 3.05) is 12.8 Å². The Morgan fingerprint density at radius 3 is 2.71 bits per heavy atom. The van der Waals surface area contributed by atoms with E-state index in [1.807, 2.05) is 12.1 Å². The molecule has 2 aromatic carbocycles. The summed E-state index contributed by atoms with van der Waals surface area (Å²) >= 11 is 0. The first-order chi connectivity index (χ1) is 10.2. The van der Waals surface area contributed by atoms with Crippen LogP contribution in [0.1, 0.15) is 17.0 Å². The smallest absolute Gasteiger partial charge is 0.136 e. The number of hydrogen-bond donors (Lipinski definition) is 1. The molecule has 0 unspecified atom stereocenters. The van der Waals surface area contributed by atoms with Crippen molar-refractivity contribution in [3.05, 3.63) is 59.4 Å². The molecule has 108 valence electrons. The van der Waals surface area contributed by atoms with Crippen LogP contribution >= 0.6 is 0 Å². The Balaban J connectivity index is 2.13. The highest BCUT2D eigenvalue weighted by Gasteiger charge is 2.13.